The van der Waals surface area contributed by atoms with Gasteiger partial charge in [-0.05, 0) is 43.0 Å². The van der Waals surface area contributed by atoms with Crippen LogP contribution in [0.3, 0.4) is 0 Å². The maximum Gasteiger partial charge on any atom is 0.123 e. The van der Waals surface area contributed by atoms with Crippen molar-refractivity contribution < 1.29 is 14.2 Å². The zero-order valence-corrected chi connectivity index (χ0v) is 10.3. The van der Waals surface area contributed by atoms with Gasteiger partial charge in [0.25, 0.3) is 0 Å². The number of ether oxygens (including phenoxy) is 1. The molecule has 0 radical (unpaired) electrons. The maximum atomic E-state index is 13.1. The van der Waals surface area contributed by atoms with Crippen LogP contribution in [0.2, 0.25) is 5.02 Å². The summed E-state index contributed by atoms with van der Waals surface area (Å²) in [6.07, 6.45) is 2.54. The molecular formula is C13H16ClFO2. The van der Waals surface area contributed by atoms with Crippen molar-refractivity contribution in [1.29, 1.82) is 0 Å². The number of aliphatic hydroxyl groups is 1. The Morgan fingerprint density at radius 2 is 2.29 bits per heavy atom. The molecule has 0 bridgehead atoms. The lowest BCUT2D eigenvalue weighted by Crippen LogP contribution is -2.33. The summed E-state index contributed by atoms with van der Waals surface area (Å²) in [6.45, 7) is 0.693. The lowest BCUT2D eigenvalue weighted by molar-refractivity contribution is -0.0611. The monoisotopic (exact) mass is 258 g/mol. The third kappa shape index (κ3) is 3.41. The van der Waals surface area contributed by atoms with Gasteiger partial charge in [-0.2, -0.15) is 0 Å². The predicted octanol–water partition coefficient (Wildman–Crippen LogP) is 2.95. The van der Waals surface area contributed by atoms with E-state index in [1.165, 1.54) is 18.2 Å². The van der Waals surface area contributed by atoms with E-state index in [2.05, 4.69) is 0 Å². The van der Waals surface area contributed by atoms with Crippen LogP contribution in [0.25, 0.3) is 0 Å². The molecule has 1 aromatic carbocycles. The van der Waals surface area contributed by atoms with Gasteiger partial charge in [-0.3, -0.25) is 0 Å². The summed E-state index contributed by atoms with van der Waals surface area (Å²) in [5.41, 5.74) is 0.633. The van der Waals surface area contributed by atoms with Crippen LogP contribution in [-0.4, -0.2) is 23.9 Å². The van der Waals surface area contributed by atoms with Crippen molar-refractivity contribution in [2.45, 2.75) is 37.9 Å². The zero-order valence-electron chi connectivity index (χ0n) is 9.53. The third-order valence-electron chi connectivity index (χ3n) is 3.08. The fourth-order valence-electron chi connectivity index (χ4n) is 2.13. The van der Waals surface area contributed by atoms with Gasteiger partial charge in [0.1, 0.15) is 5.82 Å². The number of hydrogen-bond acceptors (Lipinski definition) is 2. The quantitative estimate of drug-likeness (QED) is 0.903. The van der Waals surface area contributed by atoms with Crippen LogP contribution in [0.4, 0.5) is 4.39 Å². The lowest BCUT2D eigenvalue weighted by atomic mass is 9.98. The van der Waals surface area contributed by atoms with Gasteiger partial charge in [-0.25, -0.2) is 4.39 Å². The first-order chi connectivity index (χ1) is 8.16. The van der Waals surface area contributed by atoms with E-state index in [-0.39, 0.29) is 11.9 Å². The van der Waals surface area contributed by atoms with E-state index < -0.39 is 6.10 Å². The maximum absolute atomic E-state index is 13.1. The molecule has 2 nitrogen and oxygen atoms in total. The average molecular weight is 259 g/mol. The Kier molecular flexibility index (Phi) is 4.37. The Morgan fingerprint density at radius 1 is 1.47 bits per heavy atom. The molecule has 1 aromatic rings. The molecule has 1 saturated heterocycles. The van der Waals surface area contributed by atoms with Gasteiger partial charge in [0.05, 0.1) is 12.2 Å². The van der Waals surface area contributed by atoms with Crippen molar-refractivity contribution >= 4 is 11.6 Å². The largest absolute Gasteiger partial charge is 0.390 e. The van der Waals surface area contributed by atoms with Crippen LogP contribution in [0, 0.1) is 5.82 Å². The van der Waals surface area contributed by atoms with E-state index in [4.69, 9.17) is 16.3 Å². The minimum Gasteiger partial charge on any atom is -0.390 e. The molecule has 1 heterocycles. The molecule has 2 rings (SSSR count). The molecule has 17 heavy (non-hydrogen) atoms. The number of halogens is 2. The Balaban J connectivity index is 2.01. The minimum atomic E-state index is -0.616. The van der Waals surface area contributed by atoms with E-state index >= 15 is 0 Å². The predicted molar refractivity (Wildman–Crippen MR) is 64.7 cm³/mol. The summed E-state index contributed by atoms with van der Waals surface area (Å²) in [6, 6.07) is 4.20. The highest BCUT2D eigenvalue weighted by Crippen LogP contribution is 2.23. The highest BCUT2D eigenvalue weighted by Gasteiger charge is 2.23. The number of rotatable bonds is 3. The SMILES string of the molecule is OC(Cc1cc(F)ccc1Cl)C1CCCCO1. The minimum absolute atomic E-state index is 0.150. The van der Waals surface area contributed by atoms with Gasteiger partial charge in [-0.1, -0.05) is 11.6 Å². The van der Waals surface area contributed by atoms with Gasteiger partial charge in [0, 0.05) is 18.1 Å². The molecule has 1 aliphatic heterocycles. The molecule has 94 valence electrons. The summed E-state index contributed by atoms with van der Waals surface area (Å²) < 4.78 is 18.6. The Morgan fingerprint density at radius 3 is 3.00 bits per heavy atom. The van der Waals surface area contributed by atoms with Crippen LogP contribution >= 0.6 is 11.6 Å². The first-order valence-corrected chi connectivity index (χ1v) is 6.28. The summed E-state index contributed by atoms with van der Waals surface area (Å²) >= 11 is 5.96. The molecule has 2 atom stereocenters. The third-order valence-corrected chi connectivity index (χ3v) is 3.45. The first-order valence-electron chi connectivity index (χ1n) is 5.90. The van der Waals surface area contributed by atoms with E-state index in [1.807, 2.05) is 0 Å². The summed E-state index contributed by atoms with van der Waals surface area (Å²) in [4.78, 5) is 0. The molecule has 1 N–H and O–H groups in total. The Hall–Kier alpha value is -0.640. The van der Waals surface area contributed by atoms with Crippen molar-refractivity contribution in [1.82, 2.24) is 0 Å². The van der Waals surface area contributed by atoms with Crippen molar-refractivity contribution in [3.63, 3.8) is 0 Å². The van der Waals surface area contributed by atoms with Crippen LogP contribution in [0.5, 0.6) is 0 Å². The average Bonchev–Trinajstić information content (AvgIpc) is 2.35. The number of hydrogen-bond donors (Lipinski definition) is 1. The molecule has 0 aromatic heterocycles. The van der Waals surface area contributed by atoms with E-state index in [9.17, 15) is 9.50 Å². The summed E-state index contributed by atoms with van der Waals surface area (Å²) in [5, 5.41) is 10.5. The summed E-state index contributed by atoms with van der Waals surface area (Å²) in [5.74, 6) is -0.332. The number of benzene rings is 1. The second-order valence-corrected chi connectivity index (χ2v) is 4.82. The fraction of sp³-hybridized carbons (Fsp3) is 0.538. The standard InChI is InChI=1S/C13H16ClFO2/c14-11-5-4-10(15)7-9(11)8-12(16)13-3-1-2-6-17-13/h4-5,7,12-13,16H,1-3,6,8H2. The normalized spacial score (nSPS) is 22.4. The highest BCUT2D eigenvalue weighted by atomic mass is 35.5. The second-order valence-electron chi connectivity index (χ2n) is 4.41. The van der Waals surface area contributed by atoms with E-state index in [0.29, 0.717) is 23.6 Å². The Bertz CT molecular complexity index is 378. The van der Waals surface area contributed by atoms with Crippen molar-refractivity contribution in [2.75, 3.05) is 6.61 Å². The van der Waals surface area contributed by atoms with Crippen molar-refractivity contribution in [3.8, 4) is 0 Å². The van der Waals surface area contributed by atoms with Crippen LogP contribution in [0.1, 0.15) is 24.8 Å². The molecule has 2 unspecified atom stereocenters. The lowest BCUT2D eigenvalue weighted by Gasteiger charge is -2.27. The molecule has 4 heteroatoms. The molecule has 0 spiro atoms. The highest BCUT2D eigenvalue weighted by molar-refractivity contribution is 6.31. The second kappa shape index (κ2) is 5.80. The first kappa shape index (κ1) is 12.8. The molecule has 0 aliphatic carbocycles. The van der Waals surface area contributed by atoms with Gasteiger partial charge in [0.2, 0.25) is 0 Å². The van der Waals surface area contributed by atoms with Crippen molar-refractivity contribution in [3.05, 3.63) is 34.6 Å². The van der Waals surface area contributed by atoms with Crippen LogP contribution in [-0.2, 0) is 11.2 Å². The van der Waals surface area contributed by atoms with Gasteiger partial charge in [-0.15, -0.1) is 0 Å². The smallest absolute Gasteiger partial charge is 0.123 e. The topological polar surface area (TPSA) is 29.5 Å². The molecule has 1 aliphatic rings. The molecule has 0 saturated carbocycles. The van der Waals surface area contributed by atoms with Gasteiger partial charge in [0.15, 0.2) is 0 Å². The Labute approximate surface area is 105 Å². The van der Waals surface area contributed by atoms with Gasteiger partial charge >= 0.3 is 0 Å². The summed E-state index contributed by atoms with van der Waals surface area (Å²) in [7, 11) is 0. The van der Waals surface area contributed by atoms with Crippen LogP contribution < -0.4 is 0 Å². The van der Waals surface area contributed by atoms with E-state index in [1.54, 1.807) is 0 Å². The van der Waals surface area contributed by atoms with E-state index in [0.717, 1.165) is 19.3 Å². The van der Waals surface area contributed by atoms with Gasteiger partial charge < -0.3 is 9.84 Å². The molecule has 1 fully saturated rings. The zero-order chi connectivity index (χ0) is 12.3. The fourth-order valence-corrected chi connectivity index (χ4v) is 2.32. The van der Waals surface area contributed by atoms with Crippen molar-refractivity contribution in [2.24, 2.45) is 0 Å². The van der Waals surface area contributed by atoms with Crippen LogP contribution in [0.15, 0.2) is 18.2 Å². The molecular weight excluding hydrogens is 243 g/mol. The molecule has 0 amide bonds. The number of aliphatic hydroxyl groups excluding tert-OH is 1.